The summed E-state index contributed by atoms with van der Waals surface area (Å²) < 4.78 is 25.3. The van der Waals surface area contributed by atoms with E-state index in [1.807, 2.05) is 36.4 Å². The summed E-state index contributed by atoms with van der Waals surface area (Å²) in [6.07, 6.45) is 5.47. The summed E-state index contributed by atoms with van der Waals surface area (Å²) in [5.41, 5.74) is 2.50. The molecule has 3 heterocycles. The van der Waals surface area contributed by atoms with Crippen molar-refractivity contribution in [1.29, 1.82) is 0 Å². The zero-order valence-corrected chi connectivity index (χ0v) is 16.2. The topological polar surface area (TPSA) is 85.2 Å². The number of hydrogen-bond acceptors (Lipinski definition) is 5. The summed E-state index contributed by atoms with van der Waals surface area (Å²) in [4.78, 5) is 18.9. The van der Waals surface area contributed by atoms with Crippen LogP contribution in [0.2, 0.25) is 0 Å². The standard InChI is InChI=1S/C20H20N4O3S/c1-23(17-9-11-28(26,27)14-17)20(25)18-13-24(16-7-3-2-4-8-16)22-19(18)15-6-5-10-21-12-15/h2-8,10,12-13,17H,9,11,14H2,1H3/t17-/m1/s1. The van der Waals surface area contributed by atoms with Gasteiger partial charge in [-0.3, -0.25) is 9.78 Å². The molecule has 0 N–H and O–H groups in total. The van der Waals surface area contributed by atoms with Crippen LogP contribution in [0.4, 0.5) is 0 Å². The Morgan fingerprint density at radius 2 is 1.96 bits per heavy atom. The number of aromatic nitrogens is 3. The average Bonchev–Trinajstić information content (AvgIpc) is 3.32. The van der Waals surface area contributed by atoms with Crippen LogP contribution in [0.25, 0.3) is 16.9 Å². The summed E-state index contributed by atoms with van der Waals surface area (Å²) in [6, 6.07) is 12.8. The highest BCUT2D eigenvalue weighted by Crippen LogP contribution is 2.26. The van der Waals surface area contributed by atoms with Gasteiger partial charge >= 0.3 is 0 Å². The molecular formula is C20H20N4O3S. The smallest absolute Gasteiger partial charge is 0.257 e. The molecular weight excluding hydrogens is 376 g/mol. The Kier molecular flexibility index (Phi) is 4.72. The van der Waals surface area contributed by atoms with E-state index in [2.05, 4.69) is 10.1 Å². The van der Waals surface area contributed by atoms with Gasteiger partial charge in [0.25, 0.3) is 5.91 Å². The Morgan fingerprint density at radius 1 is 1.18 bits per heavy atom. The monoisotopic (exact) mass is 396 g/mol. The van der Waals surface area contributed by atoms with Crippen LogP contribution in [0.3, 0.4) is 0 Å². The van der Waals surface area contributed by atoms with Gasteiger partial charge in [0, 0.05) is 37.2 Å². The highest BCUT2D eigenvalue weighted by Gasteiger charge is 2.34. The van der Waals surface area contributed by atoms with Gasteiger partial charge in [-0.1, -0.05) is 18.2 Å². The number of benzene rings is 1. The Balaban J connectivity index is 1.74. The molecule has 4 rings (SSSR count). The van der Waals surface area contributed by atoms with Crippen molar-refractivity contribution in [2.24, 2.45) is 0 Å². The molecule has 2 aromatic heterocycles. The quantitative estimate of drug-likeness (QED) is 0.675. The van der Waals surface area contributed by atoms with Gasteiger partial charge in [-0.05, 0) is 30.7 Å². The van der Waals surface area contributed by atoms with E-state index in [-0.39, 0.29) is 23.5 Å². The van der Waals surface area contributed by atoms with Gasteiger partial charge in [-0.15, -0.1) is 0 Å². The predicted molar refractivity (Wildman–Crippen MR) is 106 cm³/mol. The summed E-state index contributed by atoms with van der Waals surface area (Å²) in [5.74, 6) is -0.124. The third-order valence-corrected chi connectivity index (χ3v) is 6.73. The van der Waals surface area contributed by atoms with Crippen molar-refractivity contribution >= 4 is 15.7 Å². The molecule has 144 valence electrons. The van der Waals surface area contributed by atoms with Crippen LogP contribution in [-0.2, 0) is 9.84 Å². The maximum atomic E-state index is 13.2. The Labute approximate surface area is 163 Å². The minimum atomic E-state index is -3.08. The van der Waals surface area contributed by atoms with Gasteiger partial charge in [-0.25, -0.2) is 13.1 Å². The van der Waals surface area contributed by atoms with Crippen LogP contribution in [0.15, 0.2) is 61.1 Å². The molecule has 1 fully saturated rings. The molecule has 0 radical (unpaired) electrons. The molecule has 3 aromatic rings. The molecule has 1 aliphatic heterocycles. The molecule has 28 heavy (non-hydrogen) atoms. The maximum absolute atomic E-state index is 13.2. The van der Waals surface area contributed by atoms with Gasteiger partial charge in [-0.2, -0.15) is 5.10 Å². The molecule has 0 spiro atoms. The fraction of sp³-hybridized carbons (Fsp3) is 0.250. The molecule has 0 aliphatic carbocycles. The van der Waals surface area contributed by atoms with E-state index in [1.165, 1.54) is 4.90 Å². The molecule has 8 heteroatoms. The predicted octanol–water partition coefficient (Wildman–Crippen LogP) is 2.19. The number of sulfone groups is 1. The van der Waals surface area contributed by atoms with Crippen LogP contribution < -0.4 is 0 Å². The molecule has 1 aliphatic rings. The first kappa shape index (κ1) is 18.4. The molecule has 7 nitrogen and oxygen atoms in total. The van der Waals surface area contributed by atoms with Crippen molar-refractivity contribution in [3.8, 4) is 16.9 Å². The second kappa shape index (κ2) is 7.20. The summed E-state index contributed by atoms with van der Waals surface area (Å²) in [6.45, 7) is 0. The fourth-order valence-corrected chi connectivity index (χ4v) is 5.17. The lowest BCUT2D eigenvalue weighted by Crippen LogP contribution is -2.37. The first-order valence-electron chi connectivity index (χ1n) is 8.98. The lowest BCUT2D eigenvalue weighted by molar-refractivity contribution is 0.0748. The SMILES string of the molecule is CN(C(=O)c1cn(-c2ccccc2)nc1-c1cccnc1)[C@@H]1CCS(=O)(=O)C1. The van der Waals surface area contributed by atoms with Gasteiger partial charge in [0.1, 0.15) is 5.69 Å². The van der Waals surface area contributed by atoms with Crippen LogP contribution in [0, 0.1) is 0 Å². The second-order valence-electron chi connectivity index (χ2n) is 6.89. The van der Waals surface area contributed by atoms with E-state index in [0.717, 1.165) is 11.3 Å². The van der Waals surface area contributed by atoms with Crippen LogP contribution in [0.5, 0.6) is 0 Å². The van der Waals surface area contributed by atoms with Crippen molar-refractivity contribution in [3.05, 3.63) is 66.6 Å². The Bertz CT molecular complexity index is 1090. The van der Waals surface area contributed by atoms with Crippen LogP contribution >= 0.6 is 0 Å². The number of carbonyl (C=O) groups is 1. The van der Waals surface area contributed by atoms with Gasteiger partial charge < -0.3 is 4.90 Å². The highest BCUT2D eigenvalue weighted by atomic mass is 32.2. The normalized spacial score (nSPS) is 18.1. The molecule has 0 unspecified atom stereocenters. The molecule has 1 saturated heterocycles. The van der Waals surface area contributed by atoms with E-state index >= 15 is 0 Å². The lowest BCUT2D eigenvalue weighted by atomic mass is 10.1. The minimum Gasteiger partial charge on any atom is -0.338 e. The van der Waals surface area contributed by atoms with Crippen molar-refractivity contribution in [2.75, 3.05) is 18.6 Å². The Hall–Kier alpha value is -3.00. The first-order chi connectivity index (χ1) is 13.4. The molecule has 0 bridgehead atoms. The number of carbonyl (C=O) groups excluding carboxylic acids is 1. The molecule has 1 atom stereocenters. The van der Waals surface area contributed by atoms with Gasteiger partial charge in [0.05, 0.1) is 22.8 Å². The highest BCUT2D eigenvalue weighted by molar-refractivity contribution is 7.91. The van der Waals surface area contributed by atoms with Crippen molar-refractivity contribution in [2.45, 2.75) is 12.5 Å². The third kappa shape index (κ3) is 3.55. The van der Waals surface area contributed by atoms with Crippen LogP contribution in [-0.4, -0.2) is 58.6 Å². The lowest BCUT2D eigenvalue weighted by Gasteiger charge is -2.23. The largest absolute Gasteiger partial charge is 0.338 e. The van der Waals surface area contributed by atoms with E-state index in [9.17, 15) is 13.2 Å². The fourth-order valence-electron chi connectivity index (χ4n) is 3.40. The maximum Gasteiger partial charge on any atom is 0.257 e. The number of pyridine rings is 1. The first-order valence-corrected chi connectivity index (χ1v) is 10.8. The number of nitrogens with zero attached hydrogens (tertiary/aromatic N) is 4. The van der Waals surface area contributed by atoms with Crippen molar-refractivity contribution < 1.29 is 13.2 Å². The van der Waals surface area contributed by atoms with Crippen LogP contribution in [0.1, 0.15) is 16.8 Å². The van der Waals surface area contributed by atoms with E-state index in [4.69, 9.17) is 0 Å². The van der Waals surface area contributed by atoms with Crippen molar-refractivity contribution in [3.63, 3.8) is 0 Å². The number of amides is 1. The van der Waals surface area contributed by atoms with E-state index in [0.29, 0.717) is 17.7 Å². The number of rotatable bonds is 4. The molecule has 0 saturated carbocycles. The third-order valence-electron chi connectivity index (χ3n) is 4.98. The summed E-state index contributed by atoms with van der Waals surface area (Å²) in [7, 11) is -1.43. The van der Waals surface area contributed by atoms with E-state index < -0.39 is 9.84 Å². The van der Waals surface area contributed by atoms with Crippen molar-refractivity contribution in [1.82, 2.24) is 19.7 Å². The summed E-state index contributed by atoms with van der Waals surface area (Å²) in [5, 5.41) is 4.62. The number of para-hydroxylation sites is 1. The average molecular weight is 396 g/mol. The molecule has 1 aromatic carbocycles. The minimum absolute atomic E-state index is 0.00425. The van der Waals surface area contributed by atoms with E-state index in [1.54, 1.807) is 36.4 Å². The summed E-state index contributed by atoms with van der Waals surface area (Å²) >= 11 is 0. The molecule has 1 amide bonds. The second-order valence-corrected chi connectivity index (χ2v) is 9.11. The zero-order valence-electron chi connectivity index (χ0n) is 15.4. The number of hydrogen-bond donors (Lipinski definition) is 0. The Morgan fingerprint density at radius 3 is 2.61 bits per heavy atom. The zero-order chi connectivity index (χ0) is 19.7. The van der Waals surface area contributed by atoms with Gasteiger partial charge in [0.2, 0.25) is 0 Å². The van der Waals surface area contributed by atoms with Gasteiger partial charge in [0.15, 0.2) is 9.84 Å².